The summed E-state index contributed by atoms with van der Waals surface area (Å²) in [6.45, 7) is 3.72. The van der Waals surface area contributed by atoms with Crippen LogP contribution in [-0.4, -0.2) is 30.4 Å². The van der Waals surface area contributed by atoms with Crippen molar-refractivity contribution in [1.29, 1.82) is 0 Å². The summed E-state index contributed by atoms with van der Waals surface area (Å²) in [7, 11) is 0. The van der Waals surface area contributed by atoms with Crippen LogP contribution in [0, 0.1) is 0 Å². The average Bonchev–Trinajstić information content (AvgIpc) is 3.17. The predicted molar refractivity (Wildman–Crippen MR) is 101 cm³/mol. The molecule has 0 radical (unpaired) electrons. The standard InChI is InChI=1S/C19H22N2O4S/c1-3-14-4-6-16(7-5-14)21-18(23)13(2)25-17(22)8-10-20-19(24)15-9-11-26-12-15/h4-7,9,11-13H,3,8,10H2,1-2H3,(H,20,24)(H,21,23). The Balaban J connectivity index is 1.71. The molecule has 138 valence electrons. The topological polar surface area (TPSA) is 84.5 Å². The molecule has 1 heterocycles. The Morgan fingerprint density at radius 1 is 1.15 bits per heavy atom. The lowest BCUT2D eigenvalue weighted by Crippen LogP contribution is -2.32. The number of ether oxygens (including phenoxy) is 1. The van der Waals surface area contributed by atoms with Crippen LogP contribution in [-0.2, 0) is 20.7 Å². The SMILES string of the molecule is CCc1ccc(NC(=O)C(C)OC(=O)CCNC(=O)c2ccsc2)cc1. The molecule has 1 atom stereocenters. The monoisotopic (exact) mass is 374 g/mol. The van der Waals surface area contributed by atoms with E-state index >= 15 is 0 Å². The first-order valence-electron chi connectivity index (χ1n) is 8.39. The van der Waals surface area contributed by atoms with Gasteiger partial charge in [-0.1, -0.05) is 19.1 Å². The van der Waals surface area contributed by atoms with Gasteiger partial charge in [0, 0.05) is 23.2 Å². The second-order valence-corrected chi connectivity index (χ2v) is 6.47. The third-order valence-corrected chi connectivity index (χ3v) is 4.39. The molecule has 0 saturated heterocycles. The van der Waals surface area contributed by atoms with Gasteiger partial charge < -0.3 is 15.4 Å². The summed E-state index contributed by atoms with van der Waals surface area (Å²) in [6.07, 6.45) is 0.00471. The number of esters is 1. The zero-order valence-corrected chi connectivity index (χ0v) is 15.6. The summed E-state index contributed by atoms with van der Waals surface area (Å²) in [6, 6.07) is 9.19. The molecule has 2 N–H and O–H groups in total. The smallest absolute Gasteiger partial charge is 0.308 e. The van der Waals surface area contributed by atoms with Crippen molar-refractivity contribution in [2.75, 3.05) is 11.9 Å². The first kappa shape index (κ1) is 19.7. The van der Waals surface area contributed by atoms with Gasteiger partial charge in [-0.3, -0.25) is 14.4 Å². The maximum atomic E-state index is 12.1. The maximum absolute atomic E-state index is 12.1. The molecule has 2 rings (SSSR count). The normalized spacial score (nSPS) is 11.5. The van der Waals surface area contributed by atoms with Crippen molar-refractivity contribution in [3.05, 3.63) is 52.2 Å². The molecule has 0 aliphatic carbocycles. The lowest BCUT2D eigenvalue weighted by atomic mass is 10.1. The van der Waals surface area contributed by atoms with Crippen LogP contribution in [0.3, 0.4) is 0 Å². The minimum Gasteiger partial charge on any atom is -0.452 e. The van der Waals surface area contributed by atoms with Crippen molar-refractivity contribution < 1.29 is 19.1 Å². The van der Waals surface area contributed by atoms with E-state index < -0.39 is 18.0 Å². The maximum Gasteiger partial charge on any atom is 0.308 e. The summed E-state index contributed by atoms with van der Waals surface area (Å²) in [5.74, 6) is -1.18. The number of anilines is 1. The summed E-state index contributed by atoms with van der Waals surface area (Å²) in [5.41, 5.74) is 2.38. The summed E-state index contributed by atoms with van der Waals surface area (Å²) >= 11 is 1.42. The number of benzene rings is 1. The zero-order chi connectivity index (χ0) is 18.9. The molecule has 7 heteroatoms. The van der Waals surface area contributed by atoms with Gasteiger partial charge in [0.05, 0.1) is 6.42 Å². The van der Waals surface area contributed by atoms with E-state index in [1.54, 1.807) is 16.8 Å². The third kappa shape index (κ3) is 6.00. The predicted octanol–water partition coefficient (Wildman–Crippen LogP) is 3.00. The van der Waals surface area contributed by atoms with Gasteiger partial charge in [0.1, 0.15) is 0 Å². The molecule has 0 spiro atoms. The molecule has 0 aliphatic rings. The van der Waals surface area contributed by atoms with E-state index in [2.05, 4.69) is 17.6 Å². The zero-order valence-electron chi connectivity index (χ0n) is 14.8. The van der Waals surface area contributed by atoms with Gasteiger partial charge >= 0.3 is 5.97 Å². The van der Waals surface area contributed by atoms with E-state index in [0.29, 0.717) is 11.3 Å². The minimum absolute atomic E-state index is 0.00130. The van der Waals surface area contributed by atoms with E-state index in [1.165, 1.54) is 23.8 Å². The lowest BCUT2D eigenvalue weighted by Gasteiger charge is -2.14. The van der Waals surface area contributed by atoms with Crippen molar-refractivity contribution >= 4 is 34.8 Å². The summed E-state index contributed by atoms with van der Waals surface area (Å²) < 4.78 is 5.10. The van der Waals surface area contributed by atoms with Crippen molar-refractivity contribution in [2.24, 2.45) is 0 Å². The molecule has 26 heavy (non-hydrogen) atoms. The van der Waals surface area contributed by atoms with Gasteiger partial charge in [-0.15, -0.1) is 0 Å². The Morgan fingerprint density at radius 2 is 1.88 bits per heavy atom. The van der Waals surface area contributed by atoms with Crippen LogP contribution in [0.2, 0.25) is 0 Å². The molecule has 0 saturated carbocycles. The van der Waals surface area contributed by atoms with Gasteiger partial charge in [-0.25, -0.2) is 0 Å². The van der Waals surface area contributed by atoms with Gasteiger partial charge in [0.25, 0.3) is 11.8 Å². The highest BCUT2D eigenvalue weighted by Crippen LogP contribution is 2.11. The largest absolute Gasteiger partial charge is 0.452 e. The molecular weight excluding hydrogens is 352 g/mol. The van der Waals surface area contributed by atoms with Crippen LogP contribution in [0.5, 0.6) is 0 Å². The molecule has 1 unspecified atom stereocenters. The van der Waals surface area contributed by atoms with E-state index in [9.17, 15) is 14.4 Å². The van der Waals surface area contributed by atoms with Gasteiger partial charge in [0.2, 0.25) is 0 Å². The number of carbonyl (C=O) groups is 3. The fourth-order valence-corrected chi connectivity index (χ4v) is 2.79. The van der Waals surface area contributed by atoms with Crippen molar-refractivity contribution in [3.63, 3.8) is 0 Å². The van der Waals surface area contributed by atoms with Crippen LogP contribution in [0.4, 0.5) is 5.69 Å². The van der Waals surface area contributed by atoms with Crippen molar-refractivity contribution in [1.82, 2.24) is 5.32 Å². The minimum atomic E-state index is -0.916. The quantitative estimate of drug-likeness (QED) is 0.696. The van der Waals surface area contributed by atoms with Crippen LogP contribution >= 0.6 is 11.3 Å². The first-order chi connectivity index (χ1) is 12.5. The Bertz CT molecular complexity index is 741. The molecule has 6 nitrogen and oxygen atoms in total. The van der Waals surface area contributed by atoms with Crippen molar-refractivity contribution in [2.45, 2.75) is 32.8 Å². The fourth-order valence-electron chi connectivity index (χ4n) is 2.15. The highest BCUT2D eigenvalue weighted by molar-refractivity contribution is 7.08. The van der Waals surface area contributed by atoms with Crippen molar-refractivity contribution in [3.8, 4) is 0 Å². The average molecular weight is 374 g/mol. The number of hydrogen-bond acceptors (Lipinski definition) is 5. The Kier molecular flexibility index (Phi) is 7.35. The van der Waals surface area contributed by atoms with Crippen LogP contribution in [0.15, 0.2) is 41.1 Å². The molecule has 0 aliphatic heterocycles. The van der Waals surface area contributed by atoms with Crippen LogP contribution < -0.4 is 10.6 Å². The molecule has 1 aromatic carbocycles. The molecule has 1 aromatic heterocycles. The lowest BCUT2D eigenvalue weighted by molar-refractivity contribution is -0.153. The molecule has 0 fully saturated rings. The number of amides is 2. The van der Waals surface area contributed by atoms with Crippen LogP contribution in [0.1, 0.15) is 36.2 Å². The second kappa shape index (κ2) is 9.72. The van der Waals surface area contributed by atoms with E-state index in [4.69, 9.17) is 4.74 Å². The van der Waals surface area contributed by atoms with E-state index in [0.717, 1.165) is 6.42 Å². The van der Waals surface area contributed by atoms with Gasteiger partial charge in [0.15, 0.2) is 6.10 Å². The molecular formula is C19H22N2O4S. The highest BCUT2D eigenvalue weighted by Gasteiger charge is 2.18. The number of aryl methyl sites for hydroxylation is 1. The number of thiophene rings is 1. The fraction of sp³-hybridized carbons (Fsp3) is 0.316. The van der Waals surface area contributed by atoms with Gasteiger partial charge in [-0.05, 0) is 42.5 Å². The molecule has 2 aromatic rings. The summed E-state index contributed by atoms with van der Waals surface area (Å²) in [4.78, 5) is 35.6. The number of carbonyl (C=O) groups excluding carboxylic acids is 3. The second-order valence-electron chi connectivity index (χ2n) is 5.69. The summed E-state index contributed by atoms with van der Waals surface area (Å²) in [5, 5.41) is 8.88. The number of rotatable bonds is 8. The Hall–Kier alpha value is -2.67. The molecule has 0 bridgehead atoms. The van der Waals surface area contributed by atoms with E-state index in [-0.39, 0.29) is 18.9 Å². The van der Waals surface area contributed by atoms with Crippen LogP contribution in [0.25, 0.3) is 0 Å². The third-order valence-electron chi connectivity index (χ3n) is 3.71. The number of nitrogens with one attached hydrogen (secondary N) is 2. The highest BCUT2D eigenvalue weighted by atomic mass is 32.1. The first-order valence-corrected chi connectivity index (χ1v) is 9.33. The number of hydrogen-bond donors (Lipinski definition) is 2. The Morgan fingerprint density at radius 3 is 2.50 bits per heavy atom. The van der Waals surface area contributed by atoms with E-state index in [1.807, 2.05) is 24.3 Å². The molecule has 2 amide bonds. The Labute approximate surface area is 156 Å². The van der Waals surface area contributed by atoms with Gasteiger partial charge in [-0.2, -0.15) is 11.3 Å².